The molecule has 3 N–H and O–H groups in total. The molecule has 0 fully saturated rings. The summed E-state index contributed by atoms with van der Waals surface area (Å²) in [5.74, 6) is 0.802. The van der Waals surface area contributed by atoms with E-state index in [0.717, 1.165) is 51.1 Å². The number of nitrogens with zero attached hydrogens (tertiary/aromatic N) is 3. The molecule has 166 valence electrons. The van der Waals surface area contributed by atoms with Crippen molar-refractivity contribution in [1.82, 2.24) is 24.8 Å². The molecule has 0 unspecified atom stereocenters. The van der Waals surface area contributed by atoms with Crippen LogP contribution in [0.25, 0.3) is 33.3 Å². The summed E-state index contributed by atoms with van der Waals surface area (Å²) in [4.78, 5) is 25.0. The van der Waals surface area contributed by atoms with Crippen molar-refractivity contribution in [1.29, 1.82) is 0 Å². The van der Waals surface area contributed by atoms with Gasteiger partial charge in [0.25, 0.3) is 0 Å². The fourth-order valence-corrected chi connectivity index (χ4v) is 4.17. The lowest BCUT2D eigenvalue weighted by molar-refractivity contribution is -0.121. The van der Waals surface area contributed by atoms with Gasteiger partial charge < -0.3 is 20.2 Å². The Balaban J connectivity index is 1.34. The predicted molar refractivity (Wildman–Crippen MR) is 132 cm³/mol. The van der Waals surface area contributed by atoms with E-state index in [0.29, 0.717) is 13.0 Å². The third-order valence-electron chi connectivity index (χ3n) is 5.88. The first-order valence-corrected chi connectivity index (χ1v) is 11.0. The van der Waals surface area contributed by atoms with E-state index in [9.17, 15) is 4.79 Å². The smallest absolute Gasteiger partial charge is 0.220 e. The zero-order valence-corrected chi connectivity index (χ0v) is 18.7. The van der Waals surface area contributed by atoms with Crippen LogP contribution < -0.4 is 10.6 Å². The Morgan fingerprint density at radius 3 is 2.70 bits per heavy atom. The van der Waals surface area contributed by atoms with E-state index in [1.165, 1.54) is 5.56 Å². The van der Waals surface area contributed by atoms with Crippen molar-refractivity contribution in [3.8, 4) is 11.3 Å². The minimum Gasteiger partial charge on any atom is -0.371 e. The molecule has 7 heteroatoms. The van der Waals surface area contributed by atoms with Gasteiger partial charge in [-0.2, -0.15) is 0 Å². The first kappa shape index (κ1) is 20.8. The SMILES string of the molecule is CNc1nc2[nH]c(-c3cccc(CNC(=O)CCc4ccccc4)c3)cc2c2c1ncn2C. The van der Waals surface area contributed by atoms with Crippen LogP contribution in [0.5, 0.6) is 0 Å². The second-order valence-corrected chi connectivity index (χ2v) is 8.17. The molecule has 0 bridgehead atoms. The second-order valence-electron chi connectivity index (χ2n) is 8.17. The quantitative estimate of drug-likeness (QED) is 0.351. The standard InChI is InChI=1S/C26H26N6O/c1-27-26-23-24(32(2)16-29-23)20-14-21(30-25(20)31-26)19-10-6-9-18(13-19)15-28-22(33)12-11-17-7-4-3-5-8-17/h3-10,13-14,16H,11-12,15H2,1-2H3,(H,28,33)(H2,27,30,31). The lowest BCUT2D eigenvalue weighted by Crippen LogP contribution is -2.23. The average Bonchev–Trinajstić information content (AvgIpc) is 3.45. The number of aromatic nitrogens is 4. The van der Waals surface area contributed by atoms with Crippen molar-refractivity contribution >= 4 is 33.8 Å². The Bertz CT molecular complexity index is 1430. The highest BCUT2D eigenvalue weighted by molar-refractivity contribution is 6.07. The topological polar surface area (TPSA) is 87.6 Å². The number of fused-ring (bicyclic) bond motifs is 3. The van der Waals surface area contributed by atoms with Gasteiger partial charge in [0.05, 0.1) is 11.8 Å². The summed E-state index contributed by atoms with van der Waals surface area (Å²) in [5, 5.41) is 7.20. The number of hydrogen-bond donors (Lipinski definition) is 3. The van der Waals surface area contributed by atoms with Crippen LogP contribution in [-0.4, -0.2) is 32.5 Å². The number of carbonyl (C=O) groups excluding carboxylic acids is 1. The molecule has 5 aromatic rings. The van der Waals surface area contributed by atoms with Crippen molar-refractivity contribution < 1.29 is 4.79 Å². The first-order valence-electron chi connectivity index (χ1n) is 11.0. The molecule has 0 aliphatic carbocycles. The Hall–Kier alpha value is -4.13. The molecular formula is C26H26N6O. The number of anilines is 1. The average molecular weight is 439 g/mol. The number of aromatic amines is 1. The van der Waals surface area contributed by atoms with E-state index in [2.05, 4.69) is 38.8 Å². The first-order chi connectivity index (χ1) is 16.1. The van der Waals surface area contributed by atoms with Crippen LogP contribution in [0.2, 0.25) is 0 Å². The molecule has 33 heavy (non-hydrogen) atoms. The molecule has 5 rings (SSSR count). The monoisotopic (exact) mass is 438 g/mol. The summed E-state index contributed by atoms with van der Waals surface area (Å²) >= 11 is 0. The van der Waals surface area contributed by atoms with Crippen LogP contribution in [0.15, 0.2) is 67.0 Å². The molecule has 0 spiro atoms. The van der Waals surface area contributed by atoms with Gasteiger partial charge in [0.15, 0.2) is 5.82 Å². The van der Waals surface area contributed by atoms with Gasteiger partial charge in [-0.15, -0.1) is 0 Å². The maximum Gasteiger partial charge on any atom is 0.220 e. The number of aryl methyl sites for hydroxylation is 2. The van der Waals surface area contributed by atoms with Crippen LogP contribution in [0.1, 0.15) is 17.5 Å². The van der Waals surface area contributed by atoms with Gasteiger partial charge in [0.1, 0.15) is 11.2 Å². The molecule has 0 atom stereocenters. The minimum absolute atomic E-state index is 0.0530. The van der Waals surface area contributed by atoms with Crippen molar-refractivity contribution in [3.63, 3.8) is 0 Å². The van der Waals surface area contributed by atoms with Crippen LogP contribution in [0, 0.1) is 0 Å². The van der Waals surface area contributed by atoms with E-state index < -0.39 is 0 Å². The molecule has 3 heterocycles. The Morgan fingerprint density at radius 1 is 1.06 bits per heavy atom. The largest absolute Gasteiger partial charge is 0.371 e. The summed E-state index contributed by atoms with van der Waals surface area (Å²) in [5.41, 5.74) is 6.94. The molecule has 0 aliphatic heterocycles. The van der Waals surface area contributed by atoms with E-state index >= 15 is 0 Å². The summed E-state index contributed by atoms with van der Waals surface area (Å²) in [6.07, 6.45) is 3.03. The molecule has 0 saturated carbocycles. The van der Waals surface area contributed by atoms with Crippen molar-refractivity contribution in [3.05, 3.63) is 78.1 Å². The summed E-state index contributed by atoms with van der Waals surface area (Å²) in [6, 6.07) is 20.4. The zero-order chi connectivity index (χ0) is 22.8. The van der Waals surface area contributed by atoms with E-state index in [1.54, 1.807) is 6.33 Å². The molecule has 7 nitrogen and oxygen atoms in total. The highest BCUT2D eigenvalue weighted by Crippen LogP contribution is 2.31. The van der Waals surface area contributed by atoms with Crippen molar-refractivity contribution in [2.45, 2.75) is 19.4 Å². The van der Waals surface area contributed by atoms with Gasteiger partial charge in [0, 0.05) is 38.1 Å². The Labute approximate surface area is 191 Å². The summed E-state index contributed by atoms with van der Waals surface area (Å²) in [7, 11) is 3.84. The van der Waals surface area contributed by atoms with Gasteiger partial charge in [-0.25, -0.2) is 9.97 Å². The lowest BCUT2D eigenvalue weighted by Gasteiger charge is -2.07. The van der Waals surface area contributed by atoms with Crippen LogP contribution in [0.3, 0.4) is 0 Å². The van der Waals surface area contributed by atoms with E-state index in [-0.39, 0.29) is 5.91 Å². The number of nitrogens with one attached hydrogen (secondary N) is 3. The van der Waals surface area contributed by atoms with Crippen LogP contribution >= 0.6 is 0 Å². The highest BCUT2D eigenvalue weighted by Gasteiger charge is 2.15. The van der Waals surface area contributed by atoms with Crippen LogP contribution in [-0.2, 0) is 24.8 Å². The van der Waals surface area contributed by atoms with E-state index in [1.807, 2.05) is 61.1 Å². The number of carbonyl (C=O) groups is 1. The maximum absolute atomic E-state index is 12.3. The van der Waals surface area contributed by atoms with Gasteiger partial charge >= 0.3 is 0 Å². The van der Waals surface area contributed by atoms with Crippen LogP contribution in [0.4, 0.5) is 5.82 Å². The van der Waals surface area contributed by atoms with Gasteiger partial charge in [-0.05, 0) is 35.2 Å². The number of benzene rings is 2. The molecule has 0 saturated heterocycles. The number of hydrogen-bond acceptors (Lipinski definition) is 4. The highest BCUT2D eigenvalue weighted by atomic mass is 16.1. The number of pyridine rings is 1. The number of rotatable bonds is 7. The normalized spacial score (nSPS) is 11.2. The van der Waals surface area contributed by atoms with Gasteiger partial charge in [-0.3, -0.25) is 4.79 Å². The number of H-pyrrole nitrogens is 1. The number of amides is 1. The predicted octanol–water partition coefficient (Wildman–Crippen LogP) is 4.41. The summed E-state index contributed by atoms with van der Waals surface area (Å²) < 4.78 is 2.01. The van der Waals surface area contributed by atoms with E-state index in [4.69, 9.17) is 4.98 Å². The van der Waals surface area contributed by atoms with Crippen molar-refractivity contribution in [2.75, 3.05) is 12.4 Å². The van der Waals surface area contributed by atoms with Crippen molar-refractivity contribution in [2.24, 2.45) is 7.05 Å². The third kappa shape index (κ3) is 4.17. The van der Waals surface area contributed by atoms with Gasteiger partial charge in [0.2, 0.25) is 5.91 Å². The molecule has 2 aromatic carbocycles. The molecule has 0 aliphatic rings. The Kier molecular flexibility index (Phi) is 5.52. The third-order valence-corrected chi connectivity index (χ3v) is 5.88. The lowest BCUT2D eigenvalue weighted by atomic mass is 10.1. The van der Waals surface area contributed by atoms with Gasteiger partial charge in [-0.1, -0.05) is 48.5 Å². The maximum atomic E-state index is 12.3. The summed E-state index contributed by atoms with van der Waals surface area (Å²) in [6.45, 7) is 0.496. The molecule has 1 amide bonds. The minimum atomic E-state index is 0.0530. The fraction of sp³-hybridized carbons (Fsp3) is 0.192. The number of imidazole rings is 1. The Morgan fingerprint density at radius 2 is 1.88 bits per heavy atom. The molecule has 3 aromatic heterocycles. The second kappa shape index (κ2) is 8.78. The zero-order valence-electron chi connectivity index (χ0n) is 18.7. The fourth-order valence-electron chi connectivity index (χ4n) is 4.17. The molecule has 0 radical (unpaired) electrons. The molecular weight excluding hydrogens is 412 g/mol.